The predicted molar refractivity (Wildman–Crippen MR) is 83.3 cm³/mol. The first-order valence-corrected chi connectivity index (χ1v) is 7.24. The van der Waals surface area contributed by atoms with Crippen LogP contribution in [0.15, 0.2) is 42.5 Å². The molecular formula is C15H12BrClN2. The van der Waals surface area contributed by atoms with Crippen LogP contribution in [0, 0.1) is 11.3 Å². The van der Waals surface area contributed by atoms with Crippen molar-refractivity contribution in [2.45, 2.75) is 5.33 Å². The van der Waals surface area contributed by atoms with Crippen LogP contribution in [0.5, 0.6) is 0 Å². The average Bonchev–Trinajstić information content (AvgIpc) is 2.46. The van der Waals surface area contributed by atoms with E-state index in [1.165, 1.54) is 0 Å². The molecule has 0 unspecified atom stereocenters. The van der Waals surface area contributed by atoms with Crippen LogP contribution >= 0.6 is 27.5 Å². The second kappa shape index (κ2) is 6.10. The average molecular weight is 336 g/mol. The molecule has 0 fully saturated rings. The van der Waals surface area contributed by atoms with Crippen LogP contribution in [-0.4, -0.2) is 7.05 Å². The number of nitriles is 1. The summed E-state index contributed by atoms with van der Waals surface area (Å²) in [5, 5.41) is 10.3. The Hall–Kier alpha value is -1.50. The van der Waals surface area contributed by atoms with Gasteiger partial charge in [0.1, 0.15) is 0 Å². The van der Waals surface area contributed by atoms with Crippen molar-refractivity contribution >= 4 is 38.9 Å². The van der Waals surface area contributed by atoms with Crippen LogP contribution in [0.1, 0.15) is 11.1 Å². The molecular weight excluding hydrogens is 324 g/mol. The molecule has 0 saturated heterocycles. The summed E-state index contributed by atoms with van der Waals surface area (Å²) in [6.45, 7) is 0. The standard InChI is InChI=1S/C15H12BrClN2/c1-19(13-5-2-11(10-18)3-6-13)15-7-4-12(9-16)8-14(15)17/h2-8H,9H2,1H3. The van der Waals surface area contributed by atoms with E-state index in [0.29, 0.717) is 10.6 Å². The Morgan fingerprint density at radius 1 is 1.21 bits per heavy atom. The van der Waals surface area contributed by atoms with E-state index in [1.807, 2.05) is 42.3 Å². The fourth-order valence-electron chi connectivity index (χ4n) is 1.80. The van der Waals surface area contributed by atoms with E-state index < -0.39 is 0 Å². The zero-order chi connectivity index (χ0) is 13.8. The van der Waals surface area contributed by atoms with Crippen molar-refractivity contribution in [3.05, 3.63) is 58.6 Å². The maximum absolute atomic E-state index is 8.80. The third kappa shape index (κ3) is 3.09. The van der Waals surface area contributed by atoms with Gasteiger partial charge < -0.3 is 4.90 Å². The van der Waals surface area contributed by atoms with Crippen LogP contribution in [-0.2, 0) is 5.33 Å². The minimum Gasteiger partial charge on any atom is -0.343 e. The third-order valence-corrected chi connectivity index (χ3v) is 3.86. The van der Waals surface area contributed by atoms with E-state index in [-0.39, 0.29) is 0 Å². The Morgan fingerprint density at radius 2 is 1.89 bits per heavy atom. The summed E-state index contributed by atoms with van der Waals surface area (Å²) in [7, 11) is 1.95. The smallest absolute Gasteiger partial charge is 0.0991 e. The molecule has 0 saturated carbocycles. The number of halogens is 2. The predicted octanol–water partition coefficient (Wildman–Crippen LogP) is 4.87. The molecule has 2 rings (SSSR count). The van der Waals surface area contributed by atoms with Gasteiger partial charge in [0.05, 0.1) is 22.3 Å². The van der Waals surface area contributed by atoms with Crippen LogP contribution < -0.4 is 4.90 Å². The second-order valence-electron chi connectivity index (χ2n) is 4.14. The lowest BCUT2D eigenvalue weighted by molar-refractivity contribution is 1.20. The highest BCUT2D eigenvalue weighted by atomic mass is 79.9. The van der Waals surface area contributed by atoms with Gasteiger partial charge in [0.15, 0.2) is 0 Å². The molecule has 96 valence electrons. The zero-order valence-electron chi connectivity index (χ0n) is 10.4. The molecule has 0 N–H and O–H groups in total. The Kier molecular flexibility index (Phi) is 4.47. The van der Waals surface area contributed by atoms with Crippen molar-refractivity contribution in [2.75, 3.05) is 11.9 Å². The number of hydrogen-bond acceptors (Lipinski definition) is 2. The van der Waals surface area contributed by atoms with Crippen molar-refractivity contribution in [1.29, 1.82) is 5.26 Å². The van der Waals surface area contributed by atoms with Crippen LogP contribution in [0.3, 0.4) is 0 Å². The van der Waals surface area contributed by atoms with E-state index in [4.69, 9.17) is 16.9 Å². The maximum Gasteiger partial charge on any atom is 0.0991 e. The normalized spacial score (nSPS) is 10.0. The molecule has 0 spiro atoms. The SMILES string of the molecule is CN(c1ccc(C#N)cc1)c1ccc(CBr)cc1Cl. The topological polar surface area (TPSA) is 27.0 Å². The summed E-state index contributed by atoms with van der Waals surface area (Å²) in [6.07, 6.45) is 0. The molecule has 0 aliphatic heterocycles. The highest BCUT2D eigenvalue weighted by Gasteiger charge is 2.08. The van der Waals surface area contributed by atoms with Gasteiger partial charge in [-0.3, -0.25) is 0 Å². The molecule has 0 aromatic heterocycles. The van der Waals surface area contributed by atoms with Crippen molar-refractivity contribution < 1.29 is 0 Å². The zero-order valence-corrected chi connectivity index (χ0v) is 12.7. The molecule has 2 nitrogen and oxygen atoms in total. The number of nitrogens with zero attached hydrogens (tertiary/aromatic N) is 2. The van der Waals surface area contributed by atoms with Gasteiger partial charge in [0.2, 0.25) is 0 Å². The summed E-state index contributed by atoms with van der Waals surface area (Å²) in [5.41, 5.74) is 3.73. The van der Waals surface area contributed by atoms with Crippen molar-refractivity contribution in [2.24, 2.45) is 0 Å². The van der Waals surface area contributed by atoms with E-state index >= 15 is 0 Å². The molecule has 0 atom stereocenters. The molecule has 0 bridgehead atoms. The first-order chi connectivity index (χ1) is 9.15. The van der Waals surface area contributed by atoms with Crippen molar-refractivity contribution in [1.82, 2.24) is 0 Å². The molecule has 0 aliphatic rings. The molecule has 2 aromatic carbocycles. The lowest BCUT2D eigenvalue weighted by atomic mass is 10.2. The van der Waals surface area contributed by atoms with Gasteiger partial charge in [-0.05, 0) is 42.0 Å². The first-order valence-electron chi connectivity index (χ1n) is 5.74. The van der Waals surface area contributed by atoms with Gasteiger partial charge in [0.25, 0.3) is 0 Å². The van der Waals surface area contributed by atoms with Gasteiger partial charge in [-0.2, -0.15) is 5.26 Å². The second-order valence-corrected chi connectivity index (χ2v) is 5.11. The van der Waals surface area contributed by atoms with E-state index in [0.717, 1.165) is 22.3 Å². The molecule has 4 heteroatoms. The van der Waals surface area contributed by atoms with Gasteiger partial charge in [-0.1, -0.05) is 33.6 Å². The molecule has 0 amide bonds. The molecule has 19 heavy (non-hydrogen) atoms. The Bertz CT molecular complexity index is 617. The Balaban J connectivity index is 2.32. The lowest BCUT2D eigenvalue weighted by Gasteiger charge is -2.21. The van der Waals surface area contributed by atoms with Crippen LogP contribution in [0.2, 0.25) is 5.02 Å². The Morgan fingerprint density at radius 3 is 2.42 bits per heavy atom. The summed E-state index contributed by atoms with van der Waals surface area (Å²) in [6, 6.07) is 15.5. The molecule has 0 radical (unpaired) electrons. The largest absolute Gasteiger partial charge is 0.343 e. The quantitative estimate of drug-likeness (QED) is 0.748. The van der Waals surface area contributed by atoms with Gasteiger partial charge in [-0.15, -0.1) is 0 Å². The lowest BCUT2D eigenvalue weighted by Crippen LogP contribution is -2.09. The molecule has 0 aliphatic carbocycles. The van der Waals surface area contributed by atoms with Crippen molar-refractivity contribution in [3.63, 3.8) is 0 Å². The number of alkyl halides is 1. The van der Waals surface area contributed by atoms with Crippen LogP contribution in [0.4, 0.5) is 11.4 Å². The summed E-state index contributed by atoms with van der Waals surface area (Å²) < 4.78 is 0. The van der Waals surface area contributed by atoms with Gasteiger partial charge in [-0.25, -0.2) is 0 Å². The van der Waals surface area contributed by atoms with E-state index in [1.54, 1.807) is 12.1 Å². The minimum atomic E-state index is 0.651. The first kappa shape index (κ1) is 13.9. The number of anilines is 2. The summed E-state index contributed by atoms with van der Waals surface area (Å²) >= 11 is 9.71. The van der Waals surface area contributed by atoms with Crippen LogP contribution in [0.25, 0.3) is 0 Å². The van der Waals surface area contributed by atoms with Crippen molar-refractivity contribution in [3.8, 4) is 6.07 Å². The van der Waals surface area contributed by atoms with Gasteiger partial charge in [0, 0.05) is 18.1 Å². The maximum atomic E-state index is 8.80. The van der Waals surface area contributed by atoms with E-state index in [9.17, 15) is 0 Å². The highest BCUT2D eigenvalue weighted by Crippen LogP contribution is 2.31. The molecule has 0 heterocycles. The monoisotopic (exact) mass is 334 g/mol. The minimum absolute atomic E-state index is 0.651. The fraction of sp³-hybridized carbons (Fsp3) is 0.133. The number of rotatable bonds is 3. The number of hydrogen-bond donors (Lipinski definition) is 0. The third-order valence-electron chi connectivity index (χ3n) is 2.91. The number of benzene rings is 2. The molecule has 2 aromatic rings. The summed E-state index contributed by atoms with van der Waals surface area (Å²) in [4.78, 5) is 2.00. The van der Waals surface area contributed by atoms with E-state index in [2.05, 4.69) is 22.0 Å². The summed E-state index contributed by atoms with van der Waals surface area (Å²) in [5.74, 6) is 0. The Labute approximate surface area is 126 Å². The van der Waals surface area contributed by atoms with Gasteiger partial charge >= 0.3 is 0 Å². The highest BCUT2D eigenvalue weighted by molar-refractivity contribution is 9.08. The fourth-order valence-corrected chi connectivity index (χ4v) is 2.48.